The van der Waals surface area contributed by atoms with Crippen LogP contribution in [-0.4, -0.2) is 50.3 Å². The van der Waals surface area contributed by atoms with E-state index in [9.17, 15) is 22.8 Å². The van der Waals surface area contributed by atoms with Crippen LogP contribution in [-0.2, 0) is 40.3 Å². The molecule has 2 aliphatic rings. The van der Waals surface area contributed by atoms with Crippen molar-refractivity contribution in [2.75, 3.05) is 5.75 Å². The van der Waals surface area contributed by atoms with Gasteiger partial charge in [-0.15, -0.1) is 0 Å². The second kappa shape index (κ2) is 14.2. The van der Waals surface area contributed by atoms with Gasteiger partial charge >= 0.3 is 5.97 Å². The van der Waals surface area contributed by atoms with Gasteiger partial charge in [-0.1, -0.05) is 81.0 Å². The Balaban J connectivity index is 1.72. The maximum atomic E-state index is 14.6. The summed E-state index contributed by atoms with van der Waals surface area (Å²) in [4.78, 5) is 43.3. The lowest BCUT2D eigenvalue weighted by atomic mass is 9.64. The number of isocyanates is 1. The Kier molecular flexibility index (Phi) is 11.0. The molecule has 4 atom stereocenters. The zero-order valence-corrected chi connectivity index (χ0v) is 29.4. The number of carbonyl (C=O) groups excluding carboxylic acids is 3. The molecule has 0 aromatic heterocycles. The zero-order valence-electron chi connectivity index (χ0n) is 28.5. The number of aliphatic imine (C=N–C) groups is 1. The van der Waals surface area contributed by atoms with E-state index in [1.165, 1.54) is 0 Å². The predicted octanol–water partition coefficient (Wildman–Crippen LogP) is 7.14. The standard InChI is InChI=1S/C38H47NO7S/c1-26-31(46-35(42)36(2,3)4)20-32(39-25-40)37(5,6)34(26)30(41)22-38(7)21-28(24-47(43,44)29-16-12-9-13-17-29)18-19-33(38)45-23-27-14-10-8-11-15-27/h8-17,21,31-33H,18-20,22-24H2,1-7H3/t31-,32+,33-,38+/m0/s1. The number of hydrogen-bond donors (Lipinski definition) is 0. The maximum Gasteiger partial charge on any atom is 0.311 e. The van der Waals surface area contributed by atoms with Crippen molar-refractivity contribution in [1.29, 1.82) is 0 Å². The van der Waals surface area contributed by atoms with Crippen molar-refractivity contribution in [2.24, 2.45) is 21.2 Å². The molecule has 0 saturated heterocycles. The predicted molar refractivity (Wildman–Crippen MR) is 181 cm³/mol. The third kappa shape index (κ3) is 8.45. The van der Waals surface area contributed by atoms with Crippen molar-refractivity contribution < 1.29 is 32.3 Å². The van der Waals surface area contributed by atoms with Crippen molar-refractivity contribution in [3.8, 4) is 0 Å². The number of benzene rings is 2. The van der Waals surface area contributed by atoms with Gasteiger partial charge in [0, 0.05) is 29.2 Å². The van der Waals surface area contributed by atoms with Gasteiger partial charge in [0.05, 0.1) is 34.8 Å². The highest BCUT2D eigenvalue weighted by atomic mass is 32.2. The van der Waals surface area contributed by atoms with Crippen molar-refractivity contribution in [2.45, 2.75) is 104 Å². The molecule has 4 rings (SSSR count). The van der Waals surface area contributed by atoms with Gasteiger partial charge in [0.25, 0.3) is 0 Å². The first-order valence-corrected chi connectivity index (χ1v) is 17.8. The molecule has 9 heteroatoms. The van der Waals surface area contributed by atoms with Crippen LogP contribution in [0.4, 0.5) is 0 Å². The number of hydrogen-bond acceptors (Lipinski definition) is 8. The van der Waals surface area contributed by atoms with Crippen LogP contribution >= 0.6 is 0 Å². The topological polar surface area (TPSA) is 116 Å². The summed E-state index contributed by atoms with van der Waals surface area (Å²) in [6.45, 7) is 13.1. The average Bonchev–Trinajstić information content (AvgIpc) is 2.99. The molecule has 0 radical (unpaired) electrons. The number of sulfone groups is 1. The summed E-state index contributed by atoms with van der Waals surface area (Å²) in [6.07, 6.45) is 3.81. The normalized spacial score (nSPS) is 24.6. The molecule has 0 saturated carbocycles. The molecule has 0 heterocycles. The third-order valence-electron chi connectivity index (χ3n) is 9.45. The first-order valence-electron chi connectivity index (χ1n) is 16.1. The SMILES string of the molecule is CC1=C(C(=O)C[C@@]2(C)C=C(CS(=O)(=O)c3ccccc3)CC[C@@H]2OCc2ccccc2)C(C)(C)[C@H](N=C=O)C[C@@H]1OC(=O)C(C)(C)C. The van der Waals surface area contributed by atoms with Crippen LogP contribution in [0.15, 0.2) is 93.3 Å². The Bertz CT molecular complexity index is 1680. The number of ketones is 1. The number of carbonyl (C=O) groups is 2. The lowest BCUT2D eigenvalue weighted by Gasteiger charge is -2.44. The van der Waals surface area contributed by atoms with E-state index < -0.39 is 44.2 Å². The summed E-state index contributed by atoms with van der Waals surface area (Å²) < 4.78 is 39.1. The summed E-state index contributed by atoms with van der Waals surface area (Å²) in [5, 5.41) is 0. The van der Waals surface area contributed by atoms with Gasteiger partial charge in [-0.3, -0.25) is 9.59 Å². The highest BCUT2D eigenvalue weighted by Crippen LogP contribution is 2.47. The summed E-state index contributed by atoms with van der Waals surface area (Å²) in [5.74, 6) is -0.752. The van der Waals surface area contributed by atoms with E-state index in [0.29, 0.717) is 30.6 Å². The first kappa shape index (κ1) is 36.2. The van der Waals surface area contributed by atoms with E-state index >= 15 is 0 Å². The minimum Gasteiger partial charge on any atom is -0.457 e. The number of esters is 1. The lowest BCUT2D eigenvalue weighted by molar-refractivity contribution is -0.158. The summed E-state index contributed by atoms with van der Waals surface area (Å²) >= 11 is 0. The van der Waals surface area contributed by atoms with Crippen LogP contribution in [0.5, 0.6) is 0 Å². The second-order valence-corrected chi connectivity index (χ2v) is 16.7. The minimum atomic E-state index is -3.60. The van der Waals surface area contributed by atoms with Gasteiger partial charge in [-0.25, -0.2) is 18.2 Å². The average molecular weight is 662 g/mol. The van der Waals surface area contributed by atoms with Crippen molar-refractivity contribution in [1.82, 2.24) is 0 Å². The summed E-state index contributed by atoms with van der Waals surface area (Å²) in [7, 11) is -3.60. The summed E-state index contributed by atoms with van der Waals surface area (Å²) in [5.41, 5.74) is 0.351. The van der Waals surface area contributed by atoms with Gasteiger partial charge in [0.15, 0.2) is 15.6 Å². The molecule has 47 heavy (non-hydrogen) atoms. The van der Waals surface area contributed by atoms with Gasteiger partial charge < -0.3 is 9.47 Å². The molecule has 0 bridgehead atoms. The van der Waals surface area contributed by atoms with Crippen molar-refractivity contribution in [3.05, 3.63) is 89.0 Å². The van der Waals surface area contributed by atoms with E-state index in [4.69, 9.17) is 9.47 Å². The maximum absolute atomic E-state index is 14.6. The van der Waals surface area contributed by atoms with Crippen LogP contribution in [0, 0.1) is 16.2 Å². The third-order valence-corrected chi connectivity index (χ3v) is 11.2. The molecular weight excluding hydrogens is 614 g/mol. The molecular formula is C38H47NO7S. The quantitative estimate of drug-likeness (QED) is 0.109. The van der Waals surface area contributed by atoms with Gasteiger partial charge in [0.2, 0.25) is 6.08 Å². The molecule has 0 aliphatic heterocycles. The van der Waals surface area contributed by atoms with E-state index in [2.05, 4.69) is 4.99 Å². The zero-order chi connectivity index (χ0) is 34.6. The molecule has 2 aromatic rings. The molecule has 8 nitrogen and oxygen atoms in total. The van der Waals surface area contributed by atoms with E-state index in [-0.39, 0.29) is 35.4 Å². The first-order chi connectivity index (χ1) is 22.0. The molecule has 0 fully saturated rings. The fourth-order valence-corrected chi connectivity index (χ4v) is 8.25. The van der Waals surface area contributed by atoms with Crippen LogP contribution in [0.3, 0.4) is 0 Å². The number of Topliss-reactive ketones (excluding diaryl/α,β-unsaturated/α-hetero) is 1. The van der Waals surface area contributed by atoms with Gasteiger partial charge in [-0.2, -0.15) is 0 Å². The lowest BCUT2D eigenvalue weighted by Crippen LogP contribution is -2.46. The number of ether oxygens (including phenoxy) is 2. The molecule has 0 amide bonds. The molecule has 2 aromatic carbocycles. The fourth-order valence-electron chi connectivity index (χ4n) is 6.80. The Hall–Kier alpha value is -3.65. The Labute approximate surface area is 279 Å². The molecule has 0 N–H and O–H groups in total. The minimum absolute atomic E-state index is 0.0227. The van der Waals surface area contributed by atoms with Crippen LogP contribution < -0.4 is 0 Å². The Morgan fingerprint density at radius 3 is 2.21 bits per heavy atom. The molecule has 0 spiro atoms. The second-order valence-electron chi connectivity index (χ2n) is 14.7. The monoisotopic (exact) mass is 661 g/mol. The van der Waals surface area contributed by atoms with Crippen LogP contribution in [0.2, 0.25) is 0 Å². The molecule has 2 aliphatic carbocycles. The highest BCUT2D eigenvalue weighted by molar-refractivity contribution is 7.91. The van der Waals surface area contributed by atoms with E-state index in [0.717, 1.165) is 11.1 Å². The highest BCUT2D eigenvalue weighted by Gasteiger charge is 2.48. The van der Waals surface area contributed by atoms with Gasteiger partial charge in [0.1, 0.15) is 6.10 Å². The van der Waals surface area contributed by atoms with Crippen molar-refractivity contribution >= 4 is 27.7 Å². The largest absolute Gasteiger partial charge is 0.457 e. The fraction of sp³-hybridized carbons (Fsp3) is 0.500. The van der Waals surface area contributed by atoms with E-state index in [1.54, 1.807) is 64.1 Å². The molecule has 252 valence electrons. The number of rotatable bonds is 11. The van der Waals surface area contributed by atoms with E-state index in [1.807, 2.05) is 57.2 Å². The smallest absolute Gasteiger partial charge is 0.311 e. The molecule has 0 unspecified atom stereocenters. The van der Waals surface area contributed by atoms with Gasteiger partial charge in [-0.05, 0) is 63.8 Å². The van der Waals surface area contributed by atoms with Crippen molar-refractivity contribution in [3.63, 3.8) is 0 Å². The Morgan fingerprint density at radius 2 is 1.62 bits per heavy atom. The summed E-state index contributed by atoms with van der Waals surface area (Å²) in [6, 6.07) is 17.5. The van der Waals surface area contributed by atoms with Crippen LogP contribution in [0.25, 0.3) is 0 Å². The number of nitrogens with zero attached hydrogens (tertiary/aromatic N) is 1. The van der Waals surface area contributed by atoms with Crippen LogP contribution in [0.1, 0.15) is 79.7 Å². The Morgan fingerprint density at radius 1 is 1.00 bits per heavy atom.